The second-order valence-electron chi connectivity index (χ2n) is 5.34. The smallest absolute Gasteiger partial charge is 0.228 e. The molecule has 2 aliphatic heterocycles. The molecule has 2 aliphatic rings. The van der Waals surface area contributed by atoms with Crippen molar-refractivity contribution in [2.24, 2.45) is 11.7 Å². The van der Waals surface area contributed by atoms with Gasteiger partial charge in [-0.25, -0.2) is 0 Å². The third-order valence-corrected chi connectivity index (χ3v) is 3.93. The molecule has 4 nitrogen and oxygen atoms in total. The Hall–Kier alpha value is -1.39. The van der Waals surface area contributed by atoms with Gasteiger partial charge in [0.1, 0.15) is 0 Å². The van der Waals surface area contributed by atoms with Crippen molar-refractivity contribution in [3.8, 4) is 0 Å². The van der Waals surface area contributed by atoms with Crippen molar-refractivity contribution in [1.29, 1.82) is 0 Å². The number of anilines is 1. The molecule has 0 saturated carbocycles. The zero-order chi connectivity index (χ0) is 12.5. The first kappa shape index (κ1) is 11.7. The summed E-state index contributed by atoms with van der Waals surface area (Å²) in [6.07, 6.45) is 2.73. The number of rotatable bonds is 3. The van der Waals surface area contributed by atoms with Crippen LogP contribution in [0.15, 0.2) is 18.2 Å². The number of nitrogens with one attached hydrogen (secondary N) is 2. The van der Waals surface area contributed by atoms with Crippen molar-refractivity contribution in [3.63, 3.8) is 0 Å². The van der Waals surface area contributed by atoms with Gasteiger partial charge in [0, 0.05) is 11.7 Å². The molecule has 0 spiro atoms. The number of hydrogen-bond acceptors (Lipinski definition) is 3. The summed E-state index contributed by atoms with van der Waals surface area (Å²) < 4.78 is 0. The Morgan fingerprint density at radius 3 is 3.11 bits per heavy atom. The molecule has 18 heavy (non-hydrogen) atoms. The highest BCUT2D eigenvalue weighted by Crippen LogP contribution is 2.28. The molecular formula is C14H19N3O. The van der Waals surface area contributed by atoms with Gasteiger partial charge in [-0.1, -0.05) is 12.1 Å². The van der Waals surface area contributed by atoms with Crippen LogP contribution >= 0.6 is 0 Å². The normalized spacial score (nSPS) is 23.8. The predicted molar refractivity (Wildman–Crippen MR) is 71.3 cm³/mol. The second-order valence-corrected chi connectivity index (χ2v) is 5.34. The number of hydrogen-bond donors (Lipinski definition) is 3. The summed E-state index contributed by atoms with van der Waals surface area (Å²) in [7, 11) is 0. The molecule has 1 aromatic rings. The van der Waals surface area contributed by atoms with Crippen molar-refractivity contribution in [2.75, 3.05) is 18.4 Å². The molecule has 96 valence electrons. The minimum absolute atomic E-state index is 0.0794. The van der Waals surface area contributed by atoms with Crippen LogP contribution in [0.1, 0.15) is 30.0 Å². The number of fused-ring (bicyclic) bond motifs is 1. The number of carbonyl (C=O) groups is 1. The average molecular weight is 245 g/mol. The first-order valence-electron chi connectivity index (χ1n) is 6.61. The Bertz CT molecular complexity index is 466. The lowest BCUT2D eigenvalue weighted by atomic mass is 9.93. The maximum Gasteiger partial charge on any atom is 0.228 e. The van der Waals surface area contributed by atoms with E-state index in [0.29, 0.717) is 12.3 Å². The van der Waals surface area contributed by atoms with Gasteiger partial charge in [0.15, 0.2) is 0 Å². The molecule has 0 aliphatic carbocycles. The van der Waals surface area contributed by atoms with Crippen LogP contribution in [-0.4, -0.2) is 19.0 Å². The molecule has 4 heteroatoms. The van der Waals surface area contributed by atoms with E-state index < -0.39 is 0 Å². The highest BCUT2D eigenvalue weighted by Gasteiger charge is 2.21. The second kappa shape index (κ2) is 4.71. The molecule has 1 fully saturated rings. The van der Waals surface area contributed by atoms with Crippen LogP contribution in [0.5, 0.6) is 0 Å². The van der Waals surface area contributed by atoms with Gasteiger partial charge in [-0.15, -0.1) is 0 Å². The fourth-order valence-electron chi connectivity index (χ4n) is 2.89. The standard InChI is InChI=1S/C14H19N3O/c15-12(5-9-3-4-16-8-9)10-1-2-13-11(6-10)7-14(18)17-13/h1-2,6,9,12,16H,3-5,7-8,15H2,(H,17,18). The van der Waals surface area contributed by atoms with Crippen molar-refractivity contribution in [2.45, 2.75) is 25.3 Å². The quantitative estimate of drug-likeness (QED) is 0.749. The third kappa shape index (κ3) is 2.26. The minimum atomic E-state index is 0.0794. The van der Waals surface area contributed by atoms with Gasteiger partial charge >= 0.3 is 0 Å². The zero-order valence-electron chi connectivity index (χ0n) is 10.4. The van der Waals surface area contributed by atoms with E-state index in [0.717, 1.165) is 36.3 Å². The average Bonchev–Trinajstić information content (AvgIpc) is 2.95. The molecule has 3 rings (SSSR count). The highest BCUT2D eigenvalue weighted by atomic mass is 16.1. The largest absolute Gasteiger partial charge is 0.326 e. The van der Waals surface area contributed by atoms with E-state index in [2.05, 4.69) is 16.7 Å². The molecular weight excluding hydrogens is 226 g/mol. The van der Waals surface area contributed by atoms with E-state index >= 15 is 0 Å². The molecule has 1 aromatic carbocycles. The van der Waals surface area contributed by atoms with E-state index in [1.807, 2.05) is 12.1 Å². The van der Waals surface area contributed by atoms with Crippen molar-refractivity contribution in [3.05, 3.63) is 29.3 Å². The summed E-state index contributed by atoms with van der Waals surface area (Å²) in [4.78, 5) is 11.3. The monoisotopic (exact) mass is 245 g/mol. The molecule has 1 saturated heterocycles. The van der Waals surface area contributed by atoms with Crippen LogP contribution < -0.4 is 16.4 Å². The molecule has 2 heterocycles. The van der Waals surface area contributed by atoms with E-state index in [4.69, 9.17) is 5.73 Å². The summed E-state index contributed by atoms with van der Waals surface area (Å²) in [6.45, 7) is 2.19. The Balaban J connectivity index is 1.72. The topological polar surface area (TPSA) is 67.1 Å². The Morgan fingerprint density at radius 2 is 2.33 bits per heavy atom. The van der Waals surface area contributed by atoms with Crippen LogP contribution in [0.3, 0.4) is 0 Å². The number of carbonyl (C=O) groups excluding carboxylic acids is 1. The van der Waals surface area contributed by atoms with Crippen molar-refractivity contribution >= 4 is 11.6 Å². The van der Waals surface area contributed by atoms with Gasteiger partial charge in [0.05, 0.1) is 6.42 Å². The lowest BCUT2D eigenvalue weighted by Crippen LogP contribution is -2.17. The van der Waals surface area contributed by atoms with Gasteiger partial charge < -0.3 is 16.4 Å². The predicted octanol–water partition coefficient (Wildman–Crippen LogP) is 1.18. The maximum absolute atomic E-state index is 11.3. The fraction of sp³-hybridized carbons (Fsp3) is 0.500. The van der Waals surface area contributed by atoms with Crippen molar-refractivity contribution < 1.29 is 4.79 Å². The Labute approximate surface area is 107 Å². The van der Waals surface area contributed by atoms with Crippen LogP contribution in [0.25, 0.3) is 0 Å². The van der Waals surface area contributed by atoms with E-state index in [1.165, 1.54) is 6.42 Å². The Kier molecular flexibility index (Phi) is 3.06. The summed E-state index contributed by atoms with van der Waals surface area (Å²) in [5, 5.41) is 6.21. The van der Waals surface area contributed by atoms with Crippen LogP contribution in [0.2, 0.25) is 0 Å². The van der Waals surface area contributed by atoms with Crippen molar-refractivity contribution in [1.82, 2.24) is 5.32 Å². The molecule has 0 aromatic heterocycles. The fourth-order valence-corrected chi connectivity index (χ4v) is 2.89. The summed E-state index contributed by atoms with van der Waals surface area (Å²) in [6, 6.07) is 6.18. The van der Waals surface area contributed by atoms with Gasteiger partial charge in [0.25, 0.3) is 0 Å². The number of amides is 1. The highest BCUT2D eigenvalue weighted by molar-refractivity contribution is 5.99. The molecule has 2 atom stereocenters. The Morgan fingerprint density at radius 1 is 1.44 bits per heavy atom. The molecule has 1 amide bonds. The first-order valence-corrected chi connectivity index (χ1v) is 6.61. The maximum atomic E-state index is 11.3. The van der Waals surface area contributed by atoms with E-state index in [1.54, 1.807) is 0 Å². The zero-order valence-corrected chi connectivity index (χ0v) is 10.4. The van der Waals surface area contributed by atoms with Gasteiger partial charge in [0.2, 0.25) is 5.91 Å². The summed E-state index contributed by atoms with van der Waals surface area (Å²) in [5.41, 5.74) is 9.44. The lowest BCUT2D eigenvalue weighted by molar-refractivity contribution is -0.115. The van der Waals surface area contributed by atoms with Crippen LogP contribution in [-0.2, 0) is 11.2 Å². The molecule has 0 bridgehead atoms. The number of nitrogens with two attached hydrogens (primary N) is 1. The van der Waals surface area contributed by atoms with Crippen LogP contribution in [0.4, 0.5) is 5.69 Å². The lowest BCUT2D eigenvalue weighted by Gasteiger charge is -2.17. The SMILES string of the molecule is NC(CC1CCNC1)c1ccc2c(c1)CC(=O)N2. The summed E-state index contributed by atoms with van der Waals surface area (Å²) >= 11 is 0. The van der Waals surface area contributed by atoms with Gasteiger partial charge in [-0.2, -0.15) is 0 Å². The first-order chi connectivity index (χ1) is 8.72. The molecule has 2 unspecified atom stereocenters. The van der Waals surface area contributed by atoms with Gasteiger partial charge in [-0.3, -0.25) is 4.79 Å². The third-order valence-electron chi connectivity index (χ3n) is 3.93. The van der Waals surface area contributed by atoms with E-state index in [-0.39, 0.29) is 11.9 Å². The van der Waals surface area contributed by atoms with Crippen LogP contribution in [0, 0.1) is 5.92 Å². The molecule has 4 N–H and O–H groups in total. The number of benzene rings is 1. The summed E-state index contributed by atoms with van der Waals surface area (Å²) in [5.74, 6) is 0.767. The van der Waals surface area contributed by atoms with Gasteiger partial charge in [-0.05, 0) is 49.0 Å². The molecule has 0 radical (unpaired) electrons. The minimum Gasteiger partial charge on any atom is -0.326 e. The van der Waals surface area contributed by atoms with E-state index in [9.17, 15) is 4.79 Å².